The molecule has 0 aliphatic carbocycles. The number of carbonyl (C=O) groups is 1. The van der Waals surface area contributed by atoms with Crippen LogP contribution < -0.4 is 10.6 Å². The highest BCUT2D eigenvalue weighted by Crippen LogP contribution is 2.16. The fourth-order valence-corrected chi connectivity index (χ4v) is 3.23. The van der Waals surface area contributed by atoms with Gasteiger partial charge in [-0.3, -0.25) is 4.79 Å². The van der Waals surface area contributed by atoms with Crippen molar-refractivity contribution in [1.82, 2.24) is 30.0 Å². The first kappa shape index (κ1) is 22.0. The summed E-state index contributed by atoms with van der Waals surface area (Å²) in [6.45, 7) is 0.203. The van der Waals surface area contributed by atoms with Crippen molar-refractivity contribution in [2.75, 3.05) is 5.32 Å². The third-order valence-electron chi connectivity index (χ3n) is 5.09. The Hall–Kier alpha value is -4.18. The number of halogens is 1. The SMILES string of the molecule is Cn1c(CNc2cccc(C(=O)NCc3ccc(CO)c(F)c3)c2)nnc1-c1ccncn1. The molecule has 3 N–H and O–H groups in total. The van der Waals surface area contributed by atoms with E-state index < -0.39 is 5.82 Å². The largest absolute Gasteiger partial charge is 0.392 e. The number of carbonyl (C=O) groups excluding carboxylic acids is 1. The molecule has 33 heavy (non-hydrogen) atoms. The number of hydrogen-bond acceptors (Lipinski definition) is 7. The highest BCUT2D eigenvalue weighted by atomic mass is 19.1. The van der Waals surface area contributed by atoms with Crippen molar-refractivity contribution < 1.29 is 14.3 Å². The maximum atomic E-state index is 13.8. The lowest BCUT2D eigenvalue weighted by molar-refractivity contribution is 0.0951. The Morgan fingerprint density at radius 2 is 2.00 bits per heavy atom. The van der Waals surface area contributed by atoms with Gasteiger partial charge in [-0.15, -0.1) is 10.2 Å². The van der Waals surface area contributed by atoms with E-state index in [1.807, 2.05) is 17.7 Å². The van der Waals surface area contributed by atoms with Crippen LogP contribution in [0.2, 0.25) is 0 Å². The van der Waals surface area contributed by atoms with Gasteiger partial charge >= 0.3 is 0 Å². The summed E-state index contributed by atoms with van der Waals surface area (Å²) in [5, 5.41) is 23.5. The van der Waals surface area contributed by atoms with E-state index in [0.717, 1.165) is 5.69 Å². The molecular weight excluding hydrogens is 425 g/mol. The number of nitrogens with zero attached hydrogens (tertiary/aromatic N) is 5. The van der Waals surface area contributed by atoms with E-state index >= 15 is 0 Å². The summed E-state index contributed by atoms with van der Waals surface area (Å²) in [5.74, 6) is 0.551. The van der Waals surface area contributed by atoms with Crippen LogP contribution in [0, 0.1) is 5.82 Å². The van der Waals surface area contributed by atoms with Crippen LogP contribution in [0.4, 0.5) is 10.1 Å². The minimum Gasteiger partial charge on any atom is -0.392 e. The van der Waals surface area contributed by atoms with Gasteiger partial charge in [0.15, 0.2) is 11.6 Å². The van der Waals surface area contributed by atoms with E-state index in [1.165, 1.54) is 18.5 Å². The van der Waals surface area contributed by atoms with Crippen LogP contribution in [-0.2, 0) is 26.7 Å². The molecule has 0 spiro atoms. The number of nitrogens with one attached hydrogen (secondary N) is 2. The summed E-state index contributed by atoms with van der Waals surface area (Å²) in [7, 11) is 1.86. The Morgan fingerprint density at radius 3 is 2.76 bits per heavy atom. The van der Waals surface area contributed by atoms with Gasteiger partial charge in [-0.2, -0.15) is 0 Å². The van der Waals surface area contributed by atoms with E-state index in [0.29, 0.717) is 35.0 Å². The summed E-state index contributed by atoms with van der Waals surface area (Å²) in [4.78, 5) is 20.7. The monoisotopic (exact) mass is 447 g/mol. The zero-order chi connectivity index (χ0) is 23.2. The zero-order valence-electron chi connectivity index (χ0n) is 17.9. The molecule has 2 heterocycles. The molecule has 0 atom stereocenters. The summed E-state index contributed by atoms with van der Waals surface area (Å²) in [6.07, 6.45) is 3.10. The molecule has 0 aliphatic heterocycles. The molecule has 168 valence electrons. The molecule has 1 amide bonds. The molecule has 4 aromatic rings. The van der Waals surface area contributed by atoms with Crippen molar-refractivity contribution in [2.45, 2.75) is 19.7 Å². The number of rotatable bonds is 8. The van der Waals surface area contributed by atoms with Gasteiger partial charge < -0.3 is 20.3 Å². The number of aliphatic hydroxyl groups excluding tert-OH is 1. The van der Waals surface area contributed by atoms with Crippen molar-refractivity contribution in [3.63, 3.8) is 0 Å². The summed E-state index contributed by atoms with van der Waals surface area (Å²) in [5.41, 5.74) is 2.71. The Kier molecular flexibility index (Phi) is 6.65. The van der Waals surface area contributed by atoms with Gasteiger partial charge in [0.05, 0.1) is 13.2 Å². The predicted octanol–water partition coefficient (Wildman–Crippen LogP) is 2.45. The summed E-state index contributed by atoms with van der Waals surface area (Å²) < 4.78 is 15.6. The molecule has 0 fully saturated rings. The minimum absolute atomic E-state index is 0.171. The lowest BCUT2D eigenvalue weighted by Gasteiger charge is -2.10. The quantitative estimate of drug-likeness (QED) is 0.380. The van der Waals surface area contributed by atoms with Crippen LogP contribution in [0.1, 0.15) is 27.3 Å². The van der Waals surface area contributed by atoms with Crippen LogP contribution in [0.3, 0.4) is 0 Å². The Labute approximate surface area is 189 Å². The average molecular weight is 447 g/mol. The summed E-state index contributed by atoms with van der Waals surface area (Å²) in [6, 6.07) is 13.3. The molecule has 0 aliphatic rings. The molecule has 9 nitrogen and oxygen atoms in total. The third kappa shape index (κ3) is 5.18. The van der Waals surface area contributed by atoms with Gasteiger partial charge in [-0.25, -0.2) is 14.4 Å². The maximum Gasteiger partial charge on any atom is 0.251 e. The van der Waals surface area contributed by atoms with Crippen LogP contribution in [-0.4, -0.2) is 35.7 Å². The van der Waals surface area contributed by atoms with Crippen LogP contribution in [0.15, 0.2) is 61.1 Å². The normalized spacial score (nSPS) is 10.8. The maximum absolute atomic E-state index is 13.8. The number of benzene rings is 2. The standard InChI is InChI=1S/C23H22FN7O2/c1-31-21(29-30-22(31)20-7-8-25-14-28-20)12-26-18-4-2-3-16(10-18)23(33)27-11-15-5-6-17(13-32)19(24)9-15/h2-10,14,26,32H,11-13H2,1H3,(H,27,33). The molecule has 0 saturated carbocycles. The van der Waals surface area contributed by atoms with Crippen molar-refractivity contribution in [1.29, 1.82) is 0 Å². The number of aromatic nitrogens is 5. The fraction of sp³-hybridized carbons (Fsp3) is 0.174. The van der Waals surface area contributed by atoms with E-state index in [4.69, 9.17) is 5.11 Å². The van der Waals surface area contributed by atoms with Gasteiger partial charge in [0.25, 0.3) is 5.91 Å². The Morgan fingerprint density at radius 1 is 1.12 bits per heavy atom. The molecule has 0 bridgehead atoms. The topological polar surface area (TPSA) is 118 Å². The van der Waals surface area contributed by atoms with Crippen molar-refractivity contribution in [3.05, 3.63) is 89.4 Å². The molecule has 4 rings (SSSR count). The minimum atomic E-state index is -0.498. The zero-order valence-corrected chi connectivity index (χ0v) is 17.9. The fourth-order valence-electron chi connectivity index (χ4n) is 3.23. The van der Waals surface area contributed by atoms with E-state index in [9.17, 15) is 9.18 Å². The first-order valence-electron chi connectivity index (χ1n) is 10.2. The predicted molar refractivity (Wildman–Crippen MR) is 119 cm³/mol. The van der Waals surface area contributed by atoms with Crippen LogP contribution >= 0.6 is 0 Å². The smallest absolute Gasteiger partial charge is 0.251 e. The van der Waals surface area contributed by atoms with Gasteiger partial charge in [-0.1, -0.05) is 18.2 Å². The first-order chi connectivity index (χ1) is 16.0. The van der Waals surface area contributed by atoms with Gasteiger partial charge in [0, 0.05) is 36.6 Å². The molecular formula is C23H22FN7O2. The van der Waals surface area contributed by atoms with Crippen molar-refractivity contribution in [2.24, 2.45) is 7.05 Å². The molecule has 10 heteroatoms. The van der Waals surface area contributed by atoms with Crippen molar-refractivity contribution in [3.8, 4) is 11.5 Å². The van der Waals surface area contributed by atoms with Crippen LogP contribution in [0.5, 0.6) is 0 Å². The molecule has 0 saturated heterocycles. The summed E-state index contributed by atoms with van der Waals surface area (Å²) >= 11 is 0. The average Bonchev–Trinajstić information content (AvgIpc) is 3.22. The molecule has 0 radical (unpaired) electrons. The lowest BCUT2D eigenvalue weighted by Crippen LogP contribution is -2.23. The van der Waals surface area contributed by atoms with Gasteiger partial charge in [0.2, 0.25) is 0 Å². The van der Waals surface area contributed by atoms with E-state index in [2.05, 4.69) is 30.8 Å². The van der Waals surface area contributed by atoms with E-state index in [-0.39, 0.29) is 24.6 Å². The first-order valence-corrected chi connectivity index (χ1v) is 10.2. The second kappa shape index (κ2) is 9.96. The Balaban J connectivity index is 1.37. The highest BCUT2D eigenvalue weighted by Gasteiger charge is 2.12. The number of amides is 1. The Bertz CT molecular complexity index is 1260. The van der Waals surface area contributed by atoms with Gasteiger partial charge in [-0.05, 0) is 35.9 Å². The van der Waals surface area contributed by atoms with Crippen molar-refractivity contribution >= 4 is 11.6 Å². The van der Waals surface area contributed by atoms with E-state index in [1.54, 1.807) is 36.5 Å². The second-order valence-corrected chi connectivity index (χ2v) is 7.29. The van der Waals surface area contributed by atoms with Gasteiger partial charge in [0.1, 0.15) is 17.8 Å². The third-order valence-corrected chi connectivity index (χ3v) is 5.09. The lowest BCUT2D eigenvalue weighted by atomic mass is 10.1. The second-order valence-electron chi connectivity index (χ2n) is 7.29. The van der Waals surface area contributed by atoms with Crippen LogP contribution in [0.25, 0.3) is 11.5 Å². The molecule has 0 unspecified atom stereocenters. The number of anilines is 1. The highest BCUT2D eigenvalue weighted by molar-refractivity contribution is 5.95. The molecule has 2 aromatic carbocycles. The molecule has 2 aromatic heterocycles. The number of hydrogen-bond donors (Lipinski definition) is 3. The number of aliphatic hydroxyl groups is 1.